The van der Waals surface area contributed by atoms with Gasteiger partial charge in [-0.05, 0) is 55.2 Å². The molecule has 2 aromatic carbocycles. The molecule has 0 bridgehead atoms. The van der Waals surface area contributed by atoms with Crippen LogP contribution >= 0.6 is 0 Å². The summed E-state index contributed by atoms with van der Waals surface area (Å²) in [7, 11) is 4.70. The summed E-state index contributed by atoms with van der Waals surface area (Å²) >= 11 is 0. The van der Waals surface area contributed by atoms with E-state index in [1.54, 1.807) is 44.4 Å². The van der Waals surface area contributed by atoms with Crippen molar-refractivity contribution in [3.63, 3.8) is 0 Å². The molecule has 3 aliphatic rings. The van der Waals surface area contributed by atoms with Gasteiger partial charge in [0.2, 0.25) is 18.4 Å². The van der Waals surface area contributed by atoms with Gasteiger partial charge in [-0.3, -0.25) is 9.59 Å². The molecule has 3 aliphatic heterocycles. The van der Waals surface area contributed by atoms with Crippen molar-refractivity contribution in [2.45, 2.75) is 25.2 Å². The van der Waals surface area contributed by atoms with Gasteiger partial charge in [-0.25, -0.2) is 0 Å². The summed E-state index contributed by atoms with van der Waals surface area (Å²) < 4.78 is 27.5. The van der Waals surface area contributed by atoms with Crippen LogP contribution in [0.3, 0.4) is 0 Å². The number of hydrogen-bond acceptors (Lipinski definition) is 7. The van der Waals surface area contributed by atoms with Crippen molar-refractivity contribution in [3.8, 4) is 28.7 Å². The first-order valence-electron chi connectivity index (χ1n) is 12.3. The third-order valence-corrected chi connectivity index (χ3v) is 7.33. The predicted octanol–water partition coefficient (Wildman–Crippen LogP) is 3.31. The Morgan fingerprint density at radius 2 is 1.53 bits per heavy atom. The number of piperidine rings is 1. The number of nitrogens with zero attached hydrogens (tertiary/aromatic N) is 2. The zero-order chi connectivity index (χ0) is 25.2. The average Bonchev–Trinajstić information content (AvgIpc) is 3.59. The van der Waals surface area contributed by atoms with E-state index < -0.39 is 0 Å². The molecule has 0 radical (unpaired) electrons. The predicted molar refractivity (Wildman–Crippen MR) is 131 cm³/mol. The third kappa shape index (κ3) is 4.38. The number of hydrogen-bond donors (Lipinski definition) is 0. The second kappa shape index (κ2) is 10.2. The van der Waals surface area contributed by atoms with Gasteiger partial charge in [0.05, 0.1) is 27.2 Å². The van der Waals surface area contributed by atoms with E-state index in [1.807, 2.05) is 17.0 Å². The molecule has 9 heteroatoms. The molecule has 0 aliphatic carbocycles. The Bertz CT molecular complexity index is 1120. The fourth-order valence-corrected chi connectivity index (χ4v) is 5.43. The van der Waals surface area contributed by atoms with Gasteiger partial charge in [0.25, 0.3) is 5.91 Å². The minimum absolute atomic E-state index is 0.0921. The van der Waals surface area contributed by atoms with E-state index >= 15 is 0 Å². The zero-order valence-corrected chi connectivity index (χ0v) is 21.0. The van der Waals surface area contributed by atoms with Gasteiger partial charge in [0.15, 0.2) is 23.0 Å². The second-order valence-electron chi connectivity index (χ2n) is 9.34. The van der Waals surface area contributed by atoms with Gasteiger partial charge < -0.3 is 33.5 Å². The molecular weight excluding hydrogens is 464 g/mol. The fraction of sp³-hybridized carbons (Fsp3) is 0.481. The Morgan fingerprint density at radius 3 is 2.19 bits per heavy atom. The van der Waals surface area contributed by atoms with Crippen LogP contribution in [-0.4, -0.2) is 75.9 Å². The van der Waals surface area contributed by atoms with Gasteiger partial charge in [-0.15, -0.1) is 0 Å². The lowest BCUT2D eigenvalue weighted by atomic mass is 9.87. The van der Waals surface area contributed by atoms with Crippen molar-refractivity contribution < 1.29 is 33.3 Å². The minimum atomic E-state index is -0.371. The van der Waals surface area contributed by atoms with Crippen molar-refractivity contribution >= 4 is 11.8 Å². The molecule has 0 aromatic heterocycles. The van der Waals surface area contributed by atoms with E-state index in [-0.39, 0.29) is 30.4 Å². The highest BCUT2D eigenvalue weighted by molar-refractivity contribution is 5.96. The first kappa shape index (κ1) is 24.1. The Balaban J connectivity index is 1.48. The molecule has 2 amide bonds. The first-order valence-corrected chi connectivity index (χ1v) is 12.3. The van der Waals surface area contributed by atoms with Crippen LogP contribution in [0, 0.1) is 5.92 Å². The molecule has 2 aromatic rings. The van der Waals surface area contributed by atoms with Crippen LogP contribution in [0.4, 0.5) is 0 Å². The number of ether oxygens (including phenoxy) is 5. The molecular formula is C27H32N2O7. The van der Waals surface area contributed by atoms with Crippen molar-refractivity contribution in [3.05, 3.63) is 41.5 Å². The molecule has 0 saturated carbocycles. The SMILES string of the molecule is COc1cc([C@H]2CN(C(=O)c3ccc4c(c3)OCO4)C[C@H]2C(=O)N2CCCCC2)cc(OC)c1OC. The number of likely N-dealkylation sites (tertiary alicyclic amines) is 2. The van der Waals surface area contributed by atoms with Crippen LogP contribution in [-0.2, 0) is 4.79 Å². The van der Waals surface area contributed by atoms with Gasteiger partial charge in [-0.2, -0.15) is 0 Å². The van der Waals surface area contributed by atoms with Crippen LogP contribution in [0.15, 0.2) is 30.3 Å². The fourth-order valence-electron chi connectivity index (χ4n) is 5.43. The van der Waals surface area contributed by atoms with Gasteiger partial charge in [0, 0.05) is 37.7 Å². The number of benzene rings is 2. The lowest BCUT2D eigenvalue weighted by molar-refractivity contribution is -0.136. The summed E-state index contributed by atoms with van der Waals surface area (Å²) in [6.07, 6.45) is 3.15. The van der Waals surface area contributed by atoms with E-state index in [2.05, 4.69) is 0 Å². The molecule has 0 N–H and O–H groups in total. The molecule has 0 unspecified atom stereocenters. The number of rotatable bonds is 6. The van der Waals surface area contributed by atoms with Crippen molar-refractivity contribution in [1.82, 2.24) is 9.80 Å². The third-order valence-electron chi connectivity index (χ3n) is 7.33. The van der Waals surface area contributed by atoms with Crippen molar-refractivity contribution in [1.29, 1.82) is 0 Å². The van der Waals surface area contributed by atoms with Crippen molar-refractivity contribution in [2.75, 3.05) is 54.3 Å². The molecule has 2 atom stereocenters. The Labute approximate surface area is 210 Å². The maximum absolute atomic E-state index is 13.7. The highest BCUT2D eigenvalue weighted by atomic mass is 16.7. The molecule has 2 fully saturated rings. The topological polar surface area (TPSA) is 86.8 Å². The number of carbonyl (C=O) groups is 2. The summed E-state index contributed by atoms with van der Waals surface area (Å²) in [4.78, 5) is 31.0. The maximum Gasteiger partial charge on any atom is 0.254 e. The monoisotopic (exact) mass is 496 g/mol. The number of carbonyl (C=O) groups excluding carboxylic acids is 2. The highest BCUT2D eigenvalue weighted by Gasteiger charge is 2.43. The zero-order valence-electron chi connectivity index (χ0n) is 21.0. The summed E-state index contributed by atoms with van der Waals surface area (Å²) in [5.41, 5.74) is 1.38. The number of fused-ring (bicyclic) bond motifs is 1. The number of methoxy groups -OCH3 is 3. The second-order valence-corrected chi connectivity index (χ2v) is 9.34. The first-order chi connectivity index (χ1) is 17.5. The van der Waals surface area contributed by atoms with Crippen LogP contribution in [0.5, 0.6) is 28.7 Å². The van der Waals surface area contributed by atoms with E-state index in [4.69, 9.17) is 23.7 Å². The molecule has 0 spiro atoms. The van der Waals surface area contributed by atoms with Gasteiger partial charge in [0.1, 0.15) is 0 Å². The highest BCUT2D eigenvalue weighted by Crippen LogP contribution is 2.44. The lowest BCUT2D eigenvalue weighted by Crippen LogP contribution is -2.42. The van der Waals surface area contributed by atoms with Gasteiger partial charge >= 0.3 is 0 Å². The largest absolute Gasteiger partial charge is 0.493 e. The number of amides is 2. The average molecular weight is 497 g/mol. The van der Waals surface area contributed by atoms with Crippen LogP contribution < -0.4 is 23.7 Å². The van der Waals surface area contributed by atoms with E-state index in [1.165, 1.54) is 0 Å². The quantitative estimate of drug-likeness (QED) is 0.607. The summed E-state index contributed by atoms with van der Waals surface area (Å²) in [5.74, 6) is 2.09. The Kier molecular flexibility index (Phi) is 6.80. The summed E-state index contributed by atoms with van der Waals surface area (Å²) in [6.45, 7) is 2.40. The van der Waals surface area contributed by atoms with Crippen LogP contribution in [0.25, 0.3) is 0 Å². The van der Waals surface area contributed by atoms with Crippen LogP contribution in [0.2, 0.25) is 0 Å². The molecule has 3 heterocycles. The van der Waals surface area contributed by atoms with E-state index in [0.29, 0.717) is 47.4 Å². The summed E-state index contributed by atoms with van der Waals surface area (Å²) in [5, 5.41) is 0. The lowest BCUT2D eigenvalue weighted by Gasteiger charge is -2.31. The summed E-state index contributed by atoms with van der Waals surface area (Å²) in [6, 6.07) is 8.97. The molecule has 5 rings (SSSR count). The Morgan fingerprint density at radius 1 is 0.833 bits per heavy atom. The van der Waals surface area contributed by atoms with E-state index in [9.17, 15) is 9.59 Å². The normalized spacial score (nSPS) is 20.9. The van der Waals surface area contributed by atoms with Gasteiger partial charge in [-0.1, -0.05) is 0 Å². The van der Waals surface area contributed by atoms with E-state index in [0.717, 1.165) is 37.9 Å². The molecule has 9 nitrogen and oxygen atoms in total. The van der Waals surface area contributed by atoms with Crippen molar-refractivity contribution in [2.24, 2.45) is 5.92 Å². The molecule has 192 valence electrons. The maximum atomic E-state index is 13.7. The Hall–Kier alpha value is -3.62. The minimum Gasteiger partial charge on any atom is -0.493 e. The molecule has 2 saturated heterocycles. The standard InChI is InChI=1S/C27H32N2O7/c1-32-23-12-18(13-24(33-2)25(23)34-3)19-14-29(15-20(19)27(31)28-9-5-4-6-10-28)26(30)17-7-8-21-22(11-17)36-16-35-21/h7-8,11-13,19-20H,4-6,9-10,14-16H2,1-3H3/t19-,20-/m1/s1. The smallest absolute Gasteiger partial charge is 0.254 e. The molecule has 36 heavy (non-hydrogen) atoms. The van der Waals surface area contributed by atoms with Crippen LogP contribution in [0.1, 0.15) is 41.1 Å².